The summed E-state index contributed by atoms with van der Waals surface area (Å²) in [5.74, 6) is 0.488. The highest BCUT2D eigenvalue weighted by Crippen LogP contribution is 2.30. The highest BCUT2D eigenvalue weighted by atomic mass is 19.1. The molecule has 0 aliphatic carbocycles. The summed E-state index contributed by atoms with van der Waals surface area (Å²) < 4.78 is 34.8. The summed E-state index contributed by atoms with van der Waals surface area (Å²) in [7, 11) is 1.39. The highest BCUT2D eigenvalue weighted by molar-refractivity contribution is 5.87. The first-order chi connectivity index (χ1) is 12.7. The fourth-order valence-corrected chi connectivity index (χ4v) is 2.45. The Morgan fingerprint density at radius 3 is 2.73 bits per heavy atom. The van der Waals surface area contributed by atoms with Crippen molar-refractivity contribution >= 4 is 12.0 Å². The van der Waals surface area contributed by atoms with Gasteiger partial charge >= 0.3 is 5.97 Å². The number of rotatable bonds is 5. The molecule has 136 valence electrons. The molecule has 26 heavy (non-hydrogen) atoms. The van der Waals surface area contributed by atoms with E-state index >= 15 is 0 Å². The third-order valence-corrected chi connectivity index (χ3v) is 3.78. The molecule has 0 fully saturated rings. The monoisotopic (exact) mass is 358 g/mol. The maximum absolute atomic E-state index is 13.6. The van der Waals surface area contributed by atoms with Crippen LogP contribution >= 0.6 is 0 Å². The summed E-state index contributed by atoms with van der Waals surface area (Å²) in [6, 6.07) is 9.86. The van der Waals surface area contributed by atoms with Crippen molar-refractivity contribution < 1.29 is 28.1 Å². The standard InChI is InChI=1S/C20H19FO5/c1-23-17-6-4-15(11-16(17)21)13-26-20(22)8-5-14-3-7-18-19(12-14)25-10-2-9-24-18/h3-8,11-12H,2,9-10,13H2,1H3/b8-5+. The molecule has 0 N–H and O–H groups in total. The van der Waals surface area contributed by atoms with Crippen LogP contribution in [0.4, 0.5) is 4.39 Å². The van der Waals surface area contributed by atoms with E-state index in [1.54, 1.807) is 12.1 Å². The van der Waals surface area contributed by atoms with Crippen LogP contribution in [0.1, 0.15) is 17.5 Å². The second-order valence-corrected chi connectivity index (χ2v) is 5.67. The number of methoxy groups -OCH3 is 1. The largest absolute Gasteiger partial charge is 0.494 e. The second kappa shape index (κ2) is 8.38. The van der Waals surface area contributed by atoms with Crippen LogP contribution in [0.15, 0.2) is 42.5 Å². The van der Waals surface area contributed by atoms with Crippen molar-refractivity contribution in [3.05, 3.63) is 59.4 Å². The maximum Gasteiger partial charge on any atom is 0.331 e. The Balaban J connectivity index is 1.57. The van der Waals surface area contributed by atoms with Crippen LogP contribution in [0.2, 0.25) is 0 Å². The minimum Gasteiger partial charge on any atom is -0.494 e. The lowest BCUT2D eigenvalue weighted by molar-refractivity contribution is -0.138. The number of benzene rings is 2. The Bertz CT molecular complexity index is 816. The quantitative estimate of drug-likeness (QED) is 0.602. The summed E-state index contributed by atoms with van der Waals surface area (Å²) in [4.78, 5) is 11.9. The third-order valence-electron chi connectivity index (χ3n) is 3.78. The molecule has 5 nitrogen and oxygen atoms in total. The van der Waals surface area contributed by atoms with Gasteiger partial charge in [-0.05, 0) is 41.5 Å². The zero-order valence-electron chi connectivity index (χ0n) is 14.4. The topological polar surface area (TPSA) is 54.0 Å². The SMILES string of the molecule is COc1ccc(COC(=O)/C=C/c2ccc3c(c2)OCCCO3)cc1F. The van der Waals surface area contributed by atoms with Gasteiger partial charge in [0, 0.05) is 12.5 Å². The lowest BCUT2D eigenvalue weighted by Gasteiger charge is -2.07. The second-order valence-electron chi connectivity index (χ2n) is 5.67. The van der Waals surface area contributed by atoms with Gasteiger partial charge in [0.15, 0.2) is 23.1 Å². The van der Waals surface area contributed by atoms with Gasteiger partial charge < -0.3 is 18.9 Å². The molecular weight excluding hydrogens is 339 g/mol. The average molecular weight is 358 g/mol. The Hall–Kier alpha value is -3.02. The summed E-state index contributed by atoms with van der Waals surface area (Å²) in [6.07, 6.45) is 3.78. The molecular formula is C20H19FO5. The van der Waals surface area contributed by atoms with Gasteiger partial charge in [0.25, 0.3) is 0 Å². The molecule has 1 aliphatic heterocycles. The first-order valence-corrected chi connectivity index (χ1v) is 8.22. The first kappa shape index (κ1) is 17.8. The molecule has 0 unspecified atom stereocenters. The number of halogens is 1. The van der Waals surface area contributed by atoms with Gasteiger partial charge in [-0.3, -0.25) is 0 Å². The predicted octanol–water partition coefficient (Wildman–Crippen LogP) is 3.75. The van der Waals surface area contributed by atoms with E-state index in [4.69, 9.17) is 18.9 Å². The molecule has 1 aliphatic rings. The number of ether oxygens (including phenoxy) is 4. The number of esters is 1. The van der Waals surface area contributed by atoms with Crippen LogP contribution in [-0.4, -0.2) is 26.3 Å². The Labute approximate surface area is 150 Å². The minimum atomic E-state index is -0.520. The average Bonchev–Trinajstić information content (AvgIpc) is 2.89. The summed E-state index contributed by atoms with van der Waals surface area (Å²) in [5, 5.41) is 0. The van der Waals surface area contributed by atoms with Crippen LogP contribution in [0.25, 0.3) is 6.08 Å². The van der Waals surface area contributed by atoms with E-state index in [1.807, 2.05) is 18.2 Å². The molecule has 3 rings (SSSR count). The number of carbonyl (C=O) groups is 1. The van der Waals surface area contributed by atoms with Crippen molar-refractivity contribution in [2.45, 2.75) is 13.0 Å². The number of fused-ring (bicyclic) bond motifs is 1. The lowest BCUT2D eigenvalue weighted by Crippen LogP contribution is -2.01. The van der Waals surface area contributed by atoms with Crippen molar-refractivity contribution in [3.8, 4) is 17.2 Å². The van der Waals surface area contributed by atoms with Gasteiger partial charge in [-0.1, -0.05) is 12.1 Å². The molecule has 2 aromatic carbocycles. The molecule has 6 heteroatoms. The van der Waals surface area contributed by atoms with Gasteiger partial charge in [-0.15, -0.1) is 0 Å². The van der Waals surface area contributed by atoms with Gasteiger partial charge in [0.2, 0.25) is 0 Å². The van der Waals surface area contributed by atoms with E-state index < -0.39 is 11.8 Å². The van der Waals surface area contributed by atoms with E-state index in [9.17, 15) is 9.18 Å². The smallest absolute Gasteiger partial charge is 0.331 e. The Kier molecular flexibility index (Phi) is 5.73. The molecule has 0 atom stereocenters. The number of hydrogen-bond donors (Lipinski definition) is 0. The zero-order chi connectivity index (χ0) is 18.4. The highest BCUT2D eigenvalue weighted by Gasteiger charge is 2.10. The molecule has 0 aromatic heterocycles. The summed E-state index contributed by atoms with van der Waals surface area (Å²) in [6.45, 7) is 1.20. The predicted molar refractivity (Wildman–Crippen MR) is 93.8 cm³/mol. The molecule has 2 aromatic rings. The van der Waals surface area contributed by atoms with Crippen LogP contribution in [0.5, 0.6) is 17.2 Å². The zero-order valence-corrected chi connectivity index (χ0v) is 14.4. The minimum absolute atomic E-state index is 0.0226. The van der Waals surface area contributed by atoms with E-state index in [-0.39, 0.29) is 12.4 Å². The molecule has 0 spiro atoms. The van der Waals surface area contributed by atoms with Gasteiger partial charge in [-0.2, -0.15) is 0 Å². The first-order valence-electron chi connectivity index (χ1n) is 8.22. The maximum atomic E-state index is 13.6. The van der Waals surface area contributed by atoms with Crippen LogP contribution in [0.3, 0.4) is 0 Å². The normalized spacial score (nSPS) is 13.3. The van der Waals surface area contributed by atoms with Crippen LogP contribution in [-0.2, 0) is 16.1 Å². The number of hydrogen-bond acceptors (Lipinski definition) is 5. The molecule has 0 saturated carbocycles. The van der Waals surface area contributed by atoms with E-state index in [1.165, 1.54) is 25.3 Å². The molecule has 0 bridgehead atoms. The Morgan fingerprint density at radius 1 is 1.15 bits per heavy atom. The lowest BCUT2D eigenvalue weighted by atomic mass is 10.2. The number of carbonyl (C=O) groups excluding carboxylic acids is 1. The van der Waals surface area contributed by atoms with Gasteiger partial charge in [0.05, 0.1) is 20.3 Å². The fraction of sp³-hybridized carbons (Fsp3) is 0.250. The van der Waals surface area contributed by atoms with Crippen LogP contribution in [0, 0.1) is 5.82 Å². The van der Waals surface area contributed by atoms with Crippen molar-refractivity contribution in [1.29, 1.82) is 0 Å². The van der Waals surface area contributed by atoms with E-state index in [0.717, 1.165) is 12.0 Å². The molecule has 0 saturated heterocycles. The fourth-order valence-electron chi connectivity index (χ4n) is 2.45. The molecule has 1 heterocycles. The Morgan fingerprint density at radius 2 is 1.96 bits per heavy atom. The summed E-state index contributed by atoms with van der Waals surface area (Å²) >= 11 is 0. The van der Waals surface area contributed by atoms with Crippen molar-refractivity contribution in [2.24, 2.45) is 0 Å². The van der Waals surface area contributed by atoms with E-state index in [0.29, 0.717) is 30.3 Å². The van der Waals surface area contributed by atoms with E-state index in [2.05, 4.69) is 0 Å². The third kappa shape index (κ3) is 4.53. The van der Waals surface area contributed by atoms with Crippen molar-refractivity contribution in [3.63, 3.8) is 0 Å². The van der Waals surface area contributed by atoms with Crippen LogP contribution < -0.4 is 14.2 Å². The van der Waals surface area contributed by atoms with Crippen molar-refractivity contribution in [2.75, 3.05) is 20.3 Å². The summed E-state index contributed by atoms with van der Waals surface area (Å²) in [5.41, 5.74) is 1.34. The molecule has 0 amide bonds. The van der Waals surface area contributed by atoms with Crippen molar-refractivity contribution in [1.82, 2.24) is 0 Å². The van der Waals surface area contributed by atoms with Gasteiger partial charge in [0.1, 0.15) is 6.61 Å². The van der Waals surface area contributed by atoms with Gasteiger partial charge in [-0.25, -0.2) is 9.18 Å². The molecule has 0 radical (unpaired) electrons.